The fourth-order valence-corrected chi connectivity index (χ4v) is 1.02. The summed E-state index contributed by atoms with van der Waals surface area (Å²) in [6.45, 7) is 7.49. The Labute approximate surface area is 86.1 Å². The molecule has 2 heteroatoms. The molecule has 2 N–H and O–H groups in total. The first-order valence-electron chi connectivity index (χ1n) is 4.97. The molecule has 1 aromatic carbocycles. The zero-order valence-electron chi connectivity index (χ0n) is 9.37. The molecule has 0 saturated heterocycles. The summed E-state index contributed by atoms with van der Waals surface area (Å²) < 4.78 is 0. The van der Waals surface area contributed by atoms with Gasteiger partial charge in [-0.05, 0) is 24.6 Å². The second kappa shape index (κ2) is 6.19. The summed E-state index contributed by atoms with van der Waals surface area (Å²) in [4.78, 5) is 11.0. The van der Waals surface area contributed by atoms with Gasteiger partial charge in [0, 0.05) is 11.6 Å². The molecule has 0 fully saturated rings. The van der Waals surface area contributed by atoms with Crippen molar-refractivity contribution in [2.75, 3.05) is 5.73 Å². The van der Waals surface area contributed by atoms with Crippen LogP contribution in [0.15, 0.2) is 24.3 Å². The van der Waals surface area contributed by atoms with E-state index in [1.165, 1.54) is 0 Å². The molecule has 1 rings (SSSR count). The maximum absolute atomic E-state index is 11.0. The Morgan fingerprint density at radius 1 is 1.21 bits per heavy atom. The van der Waals surface area contributed by atoms with Crippen LogP contribution < -0.4 is 5.73 Å². The van der Waals surface area contributed by atoms with Gasteiger partial charge in [-0.3, -0.25) is 4.79 Å². The first-order chi connectivity index (χ1) is 6.61. The van der Waals surface area contributed by atoms with E-state index in [0.717, 1.165) is 11.3 Å². The van der Waals surface area contributed by atoms with Crippen molar-refractivity contribution in [2.45, 2.75) is 33.6 Å². The molecule has 0 aliphatic heterocycles. The number of hydrogen-bond donors (Lipinski definition) is 1. The van der Waals surface area contributed by atoms with Crippen LogP contribution in [0.2, 0.25) is 0 Å². The standard InChI is InChI=1S/C10H13NO.C2H6/c1-7(8(2)12)9-3-5-10(11)6-4-9;1-2/h3-7H,11H2,1-2H3;1-2H3. The fourth-order valence-electron chi connectivity index (χ4n) is 1.02. The smallest absolute Gasteiger partial charge is 0.136 e. The second-order valence-electron chi connectivity index (χ2n) is 3.00. The van der Waals surface area contributed by atoms with Crippen LogP contribution >= 0.6 is 0 Å². The number of rotatable bonds is 2. The van der Waals surface area contributed by atoms with E-state index in [0.29, 0.717) is 0 Å². The molecule has 1 aromatic rings. The second-order valence-corrected chi connectivity index (χ2v) is 3.00. The van der Waals surface area contributed by atoms with Gasteiger partial charge in [0.05, 0.1) is 0 Å². The van der Waals surface area contributed by atoms with Gasteiger partial charge in [0.2, 0.25) is 0 Å². The minimum atomic E-state index is -0.0226. The number of ketones is 1. The van der Waals surface area contributed by atoms with E-state index in [4.69, 9.17) is 5.73 Å². The largest absolute Gasteiger partial charge is 0.399 e. The number of hydrogen-bond acceptors (Lipinski definition) is 2. The lowest BCUT2D eigenvalue weighted by molar-refractivity contribution is -0.118. The summed E-state index contributed by atoms with van der Waals surface area (Å²) in [5.74, 6) is 0.158. The van der Waals surface area contributed by atoms with Gasteiger partial charge in [0.15, 0.2) is 0 Å². The number of anilines is 1. The van der Waals surface area contributed by atoms with Crippen molar-refractivity contribution in [3.05, 3.63) is 29.8 Å². The highest BCUT2D eigenvalue weighted by Gasteiger charge is 2.08. The Morgan fingerprint density at radius 2 is 1.64 bits per heavy atom. The minimum Gasteiger partial charge on any atom is -0.399 e. The Kier molecular flexibility index (Phi) is 5.61. The predicted octanol–water partition coefficient (Wildman–Crippen LogP) is 2.99. The number of Topliss-reactive ketones (excluding diaryl/α,β-unsaturated/α-hetero) is 1. The molecule has 0 aliphatic carbocycles. The predicted molar refractivity (Wildman–Crippen MR) is 61.3 cm³/mol. The molecule has 78 valence electrons. The summed E-state index contributed by atoms with van der Waals surface area (Å²) in [6, 6.07) is 7.41. The van der Waals surface area contributed by atoms with Gasteiger partial charge in [0.1, 0.15) is 5.78 Å². The zero-order chi connectivity index (χ0) is 11.1. The highest BCUT2D eigenvalue weighted by molar-refractivity contribution is 5.82. The Bertz CT molecular complexity index is 277. The molecule has 0 aliphatic rings. The average Bonchev–Trinajstić information content (AvgIpc) is 2.21. The molecule has 1 atom stereocenters. The summed E-state index contributed by atoms with van der Waals surface area (Å²) in [5, 5.41) is 0. The van der Waals surface area contributed by atoms with E-state index in [2.05, 4.69) is 0 Å². The van der Waals surface area contributed by atoms with E-state index < -0.39 is 0 Å². The van der Waals surface area contributed by atoms with Crippen molar-refractivity contribution < 1.29 is 4.79 Å². The minimum absolute atomic E-state index is 0.0226. The van der Waals surface area contributed by atoms with Crippen LogP contribution in [-0.4, -0.2) is 5.78 Å². The molecule has 0 saturated carbocycles. The fraction of sp³-hybridized carbons (Fsp3) is 0.417. The van der Waals surface area contributed by atoms with Crippen LogP contribution in [0.5, 0.6) is 0 Å². The van der Waals surface area contributed by atoms with Crippen LogP contribution in [0.3, 0.4) is 0 Å². The van der Waals surface area contributed by atoms with Crippen molar-refractivity contribution in [3.8, 4) is 0 Å². The molecular weight excluding hydrogens is 174 g/mol. The van der Waals surface area contributed by atoms with E-state index in [-0.39, 0.29) is 11.7 Å². The third-order valence-corrected chi connectivity index (χ3v) is 2.05. The molecule has 0 heterocycles. The summed E-state index contributed by atoms with van der Waals surface area (Å²) in [6.07, 6.45) is 0. The number of nitrogen functional groups attached to an aromatic ring is 1. The molecule has 0 spiro atoms. The number of carbonyl (C=O) groups is 1. The highest BCUT2D eigenvalue weighted by Crippen LogP contribution is 2.16. The monoisotopic (exact) mass is 193 g/mol. The first kappa shape index (κ1) is 12.7. The van der Waals surface area contributed by atoms with E-state index in [1.54, 1.807) is 6.92 Å². The normalized spacial score (nSPS) is 11.1. The SMILES string of the molecule is CC.CC(=O)C(C)c1ccc(N)cc1. The molecule has 0 bridgehead atoms. The van der Waals surface area contributed by atoms with Gasteiger partial charge in [0.25, 0.3) is 0 Å². The molecular formula is C12H19NO. The van der Waals surface area contributed by atoms with Crippen LogP contribution in [0, 0.1) is 0 Å². The molecule has 0 radical (unpaired) electrons. The molecule has 14 heavy (non-hydrogen) atoms. The quantitative estimate of drug-likeness (QED) is 0.734. The highest BCUT2D eigenvalue weighted by atomic mass is 16.1. The van der Waals surface area contributed by atoms with Gasteiger partial charge in [-0.2, -0.15) is 0 Å². The topological polar surface area (TPSA) is 43.1 Å². The van der Waals surface area contributed by atoms with Gasteiger partial charge < -0.3 is 5.73 Å². The third kappa shape index (κ3) is 3.60. The van der Waals surface area contributed by atoms with Gasteiger partial charge >= 0.3 is 0 Å². The lowest BCUT2D eigenvalue weighted by Gasteiger charge is -2.07. The summed E-state index contributed by atoms with van der Waals surface area (Å²) >= 11 is 0. The summed E-state index contributed by atoms with van der Waals surface area (Å²) in [5.41, 5.74) is 7.27. The third-order valence-electron chi connectivity index (χ3n) is 2.05. The maximum atomic E-state index is 11.0. The zero-order valence-corrected chi connectivity index (χ0v) is 9.37. The number of carbonyl (C=O) groups excluding carboxylic acids is 1. The van der Waals surface area contributed by atoms with E-state index in [9.17, 15) is 4.79 Å². The van der Waals surface area contributed by atoms with Crippen LogP contribution in [0.1, 0.15) is 39.2 Å². The van der Waals surface area contributed by atoms with E-state index in [1.807, 2.05) is 45.0 Å². The van der Waals surface area contributed by atoms with Crippen molar-refractivity contribution in [2.24, 2.45) is 0 Å². The van der Waals surface area contributed by atoms with Crippen molar-refractivity contribution in [1.82, 2.24) is 0 Å². The van der Waals surface area contributed by atoms with Crippen LogP contribution in [-0.2, 0) is 4.79 Å². The Morgan fingerprint density at radius 3 is 2.00 bits per heavy atom. The molecule has 0 amide bonds. The lowest BCUT2D eigenvalue weighted by Crippen LogP contribution is -2.03. The maximum Gasteiger partial charge on any atom is 0.136 e. The Balaban J connectivity index is 0.000000791. The first-order valence-corrected chi connectivity index (χ1v) is 4.97. The molecule has 1 unspecified atom stereocenters. The van der Waals surface area contributed by atoms with Crippen molar-refractivity contribution in [3.63, 3.8) is 0 Å². The van der Waals surface area contributed by atoms with Crippen LogP contribution in [0.25, 0.3) is 0 Å². The van der Waals surface area contributed by atoms with Crippen molar-refractivity contribution >= 4 is 11.5 Å². The number of benzene rings is 1. The van der Waals surface area contributed by atoms with Crippen LogP contribution in [0.4, 0.5) is 5.69 Å². The summed E-state index contributed by atoms with van der Waals surface area (Å²) in [7, 11) is 0. The van der Waals surface area contributed by atoms with Gasteiger partial charge in [-0.25, -0.2) is 0 Å². The van der Waals surface area contributed by atoms with Gasteiger partial charge in [-0.1, -0.05) is 32.9 Å². The number of nitrogens with two attached hydrogens (primary N) is 1. The van der Waals surface area contributed by atoms with E-state index >= 15 is 0 Å². The Hall–Kier alpha value is -1.31. The molecule has 2 nitrogen and oxygen atoms in total. The lowest BCUT2D eigenvalue weighted by atomic mass is 9.98. The average molecular weight is 193 g/mol. The van der Waals surface area contributed by atoms with Crippen molar-refractivity contribution in [1.29, 1.82) is 0 Å². The van der Waals surface area contributed by atoms with Gasteiger partial charge in [-0.15, -0.1) is 0 Å². The molecule has 0 aromatic heterocycles.